The smallest absolute Gasteiger partial charge is 0.240 e. The molecule has 134 valence electrons. The molecule has 0 unspecified atom stereocenters. The predicted molar refractivity (Wildman–Crippen MR) is 94.9 cm³/mol. The Hall–Kier alpha value is -0.660. The van der Waals surface area contributed by atoms with E-state index in [9.17, 15) is 8.42 Å². The fraction of sp³-hybridized carbons (Fsp3) is 0.647. The van der Waals surface area contributed by atoms with Gasteiger partial charge in [-0.25, -0.2) is 13.1 Å². The van der Waals surface area contributed by atoms with Crippen molar-refractivity contribution >= 4 is 21.6 Å². The molecule has 0 aliphatic carbocycles. The van der Waals surface area contributed by atoms with Crippen LogP contribution >= 0.6 is 11.6 Å². The van der Waals surface area contributed by atoms with Gasteiger partial charge >= 0.3 is 0 Å². The lowest BCUT2D eigenvalue weighted by atomic mass is 9.96. The summed E-state index contributed by atoms with van der Waals surface area (Å²) in [4.78, 5) is 2.72. The maximum atomic E-state index is 12.4. The fourth-order valence-electron chi connectivity index (χ4n) is 3.38. The molecule has 0 radical (unpaired) electrons. The van der Waals surface area contributed by atoms with Crippen molar-refractivity contribution in [2.75, 3.05) is 32.8 Å². The first-order valence-electron chi connectivity index (χ1n) is 8.53. The maximum Gasteiger partial charge on any atom is 0.240 e. The van der Waals surface area contributed by atoms with Gasteiger partial charge in [0.25, 0.3) is 0 Å². The Balaban J connectivity index is 1.51. The number of ether oxygens (including phenoxy) is 1. The summed E-state index contributed by atoms with van der Waals surface area (Å²) in [7, 11) is -3.50. The Morgan fingerprint density at radius 2 is 2.04 bits per heavy atom. The number of benzene rings is 1. The zero-order valence-corrected chi connectivity index (χ0v) is 15.6. The number of hydrogen-bond donors (Lipinski definition) is 1. The molecule has 0 aromatic heterocycles. The minimum Gasteiger partial charge on any atom is -0.380 e. The van der Waals surface area contributed by atoms with Crippen molar-refractivity contribution in [3.8, 4) is 0 Å². The highest BCUT2D eigenvalue weighted by Crippen LogP contribution is 2.23. The molecule has 1 N–H and O–H groups in total. The highest BCUT2D eigenvalue weighted by atomic mass is 35.5. The number of aryl methyl sites for hydroxylation is 1. The largest absolute Gasteiger partial charge is 0.380 e. The standard InChI is InChI=1S/C17H25ClN2O3S/c1-13-2-3-16(10-17(13)18)24(21,22)19-11-14-4-7-20(8-5-14)15-6-9-23-12-15/h2-3,10,14-15,19H,4-9,11-12H2,1H3/t15-/m0/s1. The van der Waals surface area contributed by atoms with Gasteiger partial charge in [0, 0.05) is 24.2 Å². The van der Waals surface area contributed by atoms with Crippen LogP contribution in [0.2, 0.25) is 5.02 Å². The van der Waals surface area contributed by atoms with Crippen molar-refractivity contribution in [2.24, 2.45) is 5.92 Å². The Kier molecular flexibility index (Phi) is 5.82. The zero-order chi connectivity index (χ0) is 17.2. The molecule has 1 atom stereocenters. The number of sulfonamides is 1. The lowest BCUT2D eigenvalue weighted by Crippen LogP contribution is -2.43. The van der Waals surface area contributed by atoms with Crippen LogP contribution in [-0.2, 0) is 14.8 Å². The van der Waals surface area contributed by atoms with Crippen LogP contribution in [0.15, 0.2) is 23.1 Å². The van der Waals surface area contributed by atoms with Gasteiger partial charge in [0.05, 0.1) is 11.5 Å². The van der Waals surface area contributed by atoms with E-state index in [1.807, 2.05) is 6.92 Å². The fourth-order valence-corrected chi connectivity index (χ4v) is 4.77. The first kappa shape index (κ1) is 18.1. The molecule has 0 spiro atoms. The number of nitrogens with one attached hydrogen (secondary N) is 1. The molecule has 1 aromatic carbocycles. The molecule has 7 heteroatoms. The van der Waals surface area contributed by atoms with Crippen LogP contribution in [0.1, 0.15) is 24.8 Å². The molecular formula is C17H25ClN2O3S. The number of likely N-dealkylation sites (tertiary alicyclic amines) is 1. The van der Waals surface area contributed by atoms with Crippen molar-refractivity contribution in [3.63, 3.8) is 0 Å². The van der Waals surface area contributed by atoms with Gasteiger partial charge < -0.3 is 4.74 Å². The molecule has 2 saturated heterocycles. The Labute approximate surface area is 149 Å². The molecule has 0 bridgehead atoms. The number of hydrogen-bond acceptors (Lipinski definition) is 4. The van der Waals surface area contributed by atoms with E-state index < -0.39 is 10.0 Å². The van der Waals surface area contributed by atoms with Crippen LogP contribution in [0.5, 0.6) is 0 Å². The topological polar surface area (TPSA) is 58.6 Å². The van der Waals surface area contributed by atoms with Crippen molar-refractivity contribution < 1.29 is 13.2 Å². The first-order valence-corrected chi connectivity index (χ1v) is 10.4. The molecule has 24 heavy (non-hydrogen) atoms. The SMILES string of the molecule is Cc1ccc(S(=O)(=O)NCC2CCN([C@H]3CCOC3)CC2)cc1Cl. The minimum absolute atomic E-state index is 0.235. The predicted octanol–water partition coefficient (Wildman–Crippen LogP) is 2.43. The summed E-state index contributed by atoms with van der Waals surface area (Å²) in [5.41, 5.74) is 0.874. The minimum atomic E-state index is -3.50. The second kappa shape index (κ2) is 7.70. The van der Waals surface area contributed by atoms with E-state index in [0.717, 1.165) is 51.1 Å². The summed E-state index contributed by atoms with van der Waals surface area (Å²) < 4.78 is 33.0. The van der Waals surface area contributed by atoms with Gasteiger partial charge in [0.15, 0.2) is 0 Å². The van der Waals surface area contributed by atoms with Crippen molar-refractivity contribution in [1.82, 2.24) is 9.62 Å². The zero-order valence-electron chi connectivity index (χ0n) is 14.0. The van der Waals surface area contributed by atoms with E-state index in [1.165, 1.54) is 6.07 Å². The third-order valence-electron chi connectivity index (χ3n) is 5.09. The third-order valence-corrected chi connectivity index (χ3v) is 6.92. The van der Waals surface area contributed by atoms with Crippen LogP contribution in [0.3, 0.4) is 0 Å². The van der Waals surface area contributed by atoms with E-state index in [1.54, 1.807) is 12.1 Å². The average molecular weight is 373 g/mol. The summed E-state index contributed by atoms with van der Waals surface area (Å²) in [6, 6.07) is 5.41. The number of halogens is 1. The molecule has 2 heterocycles. The summed E-state index contributed by atoms with van der Waals surface area (Å²) in [6.45, 7) is 6.10. The first-order chi connectivity index (χ1) is 11.5. The van der Waals surface area contributed by atoms with Gasteiger partial charge in [-0.2, -0.15) is 0 Å². The Morgan fingerprint density at radius 1 is 1.29 bits per heavy atom. The van der Waals surface area contributed by atoms with E-state index in [2.05, 4.69) is 9.62 Å². The number of piperidine rings is 1. The molecule has 2 aliphatic rings. The molecule has 0 saturated carbocycles. The Morgan fingerprint density at radius 3 is 2.67 bits per heavy atom. The van der Waals surface area contributed by atoms with Crippen LogP contribution < -0.4 is 4.72 Å². The molecule has 3 rings (SSSR count). The van der Waals surface area contributed by atoms with Crippen molar-refractivity contribution in [1.29, 1.82) is 0 Å². The highest BCUT2D eigenvalue weighted by Gasteiger charge is 2.28. The van der Waals surface area contributed by atoms with E-state index >= 15 is 0 Å². The lowest BCUT2D eigenvalue weighted by Gasteiger charge is -2.35. The van der Waals surface area contributed by atoms with Gasteiger partial charge in [-0.15, -0.1) is 0 Å². The average Bonchev–Trinajstić information content (AvgIpc) is 3.10. The van der Waals surface area contributed by atoms with Crippen molar-refractivity contribution in [2.45, 2.75) is 37.1 Å². The lowest BCUT2D eigenvalue weighted by molar-refractivity contribution is 0.111. The van der Waals surface area contributed by atoms with Gasteiger partial charge in [0.1, 0.15) is 0 Å². The van der Waals surface area contributed by atoms with Gasteiger partial charge in [-0.3, -0.25) is 4.90 Å². The van der Waals surface area contributed by atoms with E-state index in [4.69, 9.17) is 16.3 Å². The van der Waals surface area contributed by atoms with Crippen LogP contribution in [-0.4, -0.2) is 52.2 Å². The van der Waals surface area contributed by atoms with Crippen LogP contribution in [0.4, 0.5) is 0 Å². The number of nitrogens with zero attached hydrogens (tertiary/aromatic N) is 1. The van der Waals surface area contributed by atoms with Gasteiger partial charge in [-0.05, 0) is 62.9 Å². The maximum absolute atomic E-state index is 12.4. The highest BCUT2D eigenvalue weighted by molar-refractivity contribution is 7.89. The second-order valence-electron chi connectivity index (χ2n) is 6.76. The monoisotopic (exact) mass is 372 g/mol. The second-order valence-corrected chi connectivity index (χ2v) is 8.93. The van der Waals surface area contributed by atoms with Crippen molar-refractivity contribution in [3.05, 3.63) is 28.8 Å². The van der Waals surface area contributed by atoms with Gasteiger partial charge in [0.2, 0.25) is 10.0 Å². The molecule has 2 aliphatic heterocycles. The molecule has 1 aromatic rings. The van der Waals surface area contributed by atoms with E-state index in [-0.39, 0.29) is 4.90 Å². The normalized spacial score (nSPS) is 23.7. The van der Waals surface area contributed by atoms with Crippen LogP contribution in [0.25, 0.3) is 0 Å². The summed E-state index contributed by atoms with van der Waals surface area (Å²) >= 11 is 6.04. The third kappa shape index (κ3) is 4.29. The summed E-state index contributed by atoms with van der Waals surface area (Å²) in [6.07, 6.45) is 3.16. The van der Waals surface area contributed by atoms with E-state index in [0.29, 0.717) is 23.5 Å². The van der Waals surface area contributed by atoms with Gasteiger partial charge in [-0.1, -0.05) is 17.7 Å². The molecule has 5 nitrogen and oxygen atoms in total. The molecular weight excluding hydrogens is 348 g/mol. The summed E-state index contributed by atoms with van der Waals surface area (Å²) in [5, 5.41) is 0.477. The van der Waals surface area contributed by atoms with Crippen LogP contribution in [0, 0.1) is 12.8 Å². The Bertz CT molecular complexity index is 666. The summed E-state index contributed by atoms with van der Waals surface area (Å²) in [5.74, 6) is 0.388. The quantitative estimate of drug-likeness (QED) is 0.862. The number of rotatable bonds is 5. The molecule has 0 amide bonds. The molecule has 2 fully saturated rings.